The molecule has 1 saturated heterocycles. The Morgan fingerprint density at radius 2 is 2.12 bits per heavy atom. The van der Waals surface area contributed by atoms with Crippen molar-refractivity contribution in [2.45, 2.75) is 32.2 Å². The van der Waals surface area contributed by atoms with Gasteiger partial charge in [0.2, 0.25) is 11.8 Å². The maximum atomic E-state index is 11.8. The molecule has 0 aromatic rings. The molecule has 90 valence electrons. The van der Waals surface area contributed by atoms with E-state index in [9.17, 15) is 14.4 Å². The topological polar surface area (TPSA) is 92.5 Å². The van der Waals surface area contributed by atoms with Crippen molar-refractivity contribution in [2.75, 3.05) is 13.1 Å². The molecule has 16 heavy (non-hydrogen) atoms. The van der Waals surface area contributed by atoms with Gasteiger partial charge in [-0.1, -0.05) is 0 Å². The van der Waals surface area contributed by atoms with E-state index in [-0.39, 0.29) is 18.9 Å². The highest BCUT2D eigenvalue weighted by atomic mass is 16.2. The Hall–Kier alpha value is -1.43. The Morgan fingerprint density at radius 3 is 2.69 bits per heavy atom. The van der Waals surface area contributed by atoms with Gasteiger partial charge in [-0.2, -0.15) is 0 Å². The number of nitrogens with one attached hydrogen (secondary N) is 1. The fourth-order valence-electron chi connectivity index (χ4n) is 1.57. The lowest BCUT2D eigenvalue weighted by molar-refractivity contribution is -0.155. The first kappa shape index (κ1) is 12.6. The van der Waals surface area contributed by atoms with Crippen molar-refractivity contribution in [3.05, 3.63) is 0 Å². The quantitative estimate of drug-likeness (QED) is 0.604. The van der Waals surface area contributed by atoms with Crippen molar-refractivity contribution in [1.82, 2.24) is 10.2 Å². The molecule has 0 aromatic heterocycles. The second-order valence-electron chi connectivity index (χ2n) is 4.31. The van der Waals surface area contributed by atoms with Crippen LogP contribution in [0.15, 0.2) is 0 Å². The summed E-state index contributed by atoms with van der Waals surface area (Å²) in [6, 6.07) is 0. The third-order valence-electron chi connectivity index (χ3n) is 2.68. The van der Waals surface area contributed by atoms with Crippen LogP contribution < -0.4 is 11.1 Å². The lowest BCUT2D eigenvalue weighted by atomic mass is 9.98. The van der Waals surface area contributed by atoms with Gasteiger partial charge in [0.05, 0.1) is 0 Å². The number of piperazine rings is 1. The molecule has 0 bridgehead atoms. The van der Waals surface area contributed by atoms with Crippen LogP contribution in [0.25, 0.3) is 0 Å². The van der Waals surface area contributed by atoms with Crippen molar-refractivity contribution >= 4 is 17.7 Å². The maximum absolute atomic E-state index is 11.8. The van der Waals surface area contributed by atoms with E-state index in [4.69, 9.17) is 5.73 Å². The fourth-order valence-corrected chi connectivity index (χ4v) is 1.57. The molecule has 1 aliphatic heterocycles. The maximum Gasteiger partial charge on any atom is 0.252 e. The first-order chi connectivity index (χ1) is 7.39. The largest absolute Gasteiger partial charge is 0.330 e. The minimum atomic E-state index is -0.973. The molecule has 0 aliphatic carbocycles. The Labute approximate surface area is 94.2 Å². The highest BCUT2D eigenvalue weighted by Crippen LogP contribution is 2.19. The summed E-state index contributed by atoms with van der Waals surface area (Å²) in [4.78, 5) is 35.9. The van der Waals surface area contributed by atoms with Gasteiger partial charge in [-0.25, -0.2) is 0 Å². The zero-order valence-electron chi connectivity index (χ0n) is 9.58. The molecule has 0 radical (unpaired) electrons. The van der Waals surface area contributed by atoms with Gasteiger partial charge < -0.3 is 10.6 Å². The van der Waals surface area contributed by atoms with E-state index in [0.29, 0.717) is 13.0 Å². The summed E-state index contributed by atoms with van der Waals surface area (Å²) in [5.74, 6) is -1.09. The minimum Gasteiger partial charge on any atom is -0.330 e. The molecule has 1 heterocycles. The molecule has 1 fully saturated rings. The average molecular weight is 227 g/mol. The second kappa shape index (κ2) is 4.61. The van der Waals surface area contributed by atoms with Gasteiger partial charge in [0.15, 0.2) is 0 Å². The predicted molar refractivity (Wildman–Crippen MR) is 57.2 cm³/mol. The van der Waals surface area contributed by atoms with Crippen LogP contribution in [0.3, 0.4) is 0 Å². The van der Waals surface area contributed by atoms with Crippen molar-refractivity contribution in [2.24, 2.45) is 5.73 Å². The van der Waals surface area contributed by atoms with Crippen molar-refractivity contribution < 1.29 is 14.4 Å². The van der Waals surface area contributed by atoms with E-state index < -0.39 is 17.4 Å². The summed E-state index contributed by atoms with van der Waals surface area (Å²) in [5.41, 5.74) is 4.34. The molecular weight excluding hydrogens is 210 g/mol. The van der Waals surface area contributed by atoms with Crippen LogP contribution >= 0.6 is 0 Å². The summed E-state index contributed by atoms with van der Waals surface area (Å²) < 4.78 is 0. The number of amides is 3. The van der Waals surface area contributed by atoms with Gasteiger partial charge in [-0.05, 0) is 26.8 Å². The Kier molecular flexibility index (Phi) is 3.64. The van der Waals surface area contributed by atoms with Gasteiger partial charge in [0.1, 0.15) is 12.1 Å². The molecule has 0 aromatic carbocycles. The average Bonchev–Trinajstić information content (AvgIpc) is 2.20. The van der Waals surface area contributed by atoms with Gasteiger partial charge >= 0.3 is 0 Å². The highest BCUT2D eigenvalue weighted by Gasteiger charge is 2.42. The van der Waals surface area contributed by atoms with E-state index in [1.165, 1.54) is 4.90 Å². The van der Waals surface area contributed by atoms with E-state index in [1.54, 1.807) is 13.8 Å². The number of rotatable bonds is 3. The number of carbonyl (C=O) groups excluding carboxylic acids is 3. The third kappa shape index (κ3) is 2.38. The molecule has 6 nitrogen and oxygen atoms in total. The number of hydrogen-bond donors (Lipinski definition) is 2. The normalized spacial score (nSPS) is 19.6. The predicted octanol–water partition coefficient (Wildman–Crippen LogP) is -1.01. The molecule has 1 rings (SSSR count). The first-order valence-electron chi connectivity index (χ1n) is 5.24. The van der Waals surface area contributed by atoms with Crippen LogP contribution in [0.1, 0.15) is 26.7 Å². The summed E-state index contributed by atoms with van der Waals surface area (Å²) in [6.45, 7) is 3.59. The van der Waals surface area contributed by atoms with Crippen LogP contribution in [0.5, 0.6) is 0 Å². The van der Waals surface area contributed by atoms with Crippen LogP contribution in [-0.4, -0.2) is 41.2 Å². The summed E-state index contributed by atoms with van der Waals surface area (Å²) >= 11 is 0. The van der Waals surface area contributed by atoms with Gasteiger partial charge in [0, 0.05) is 6.42 Å². The Bertz CT molecular complexity index is 325. The molecule has 0 atom stereocenters. The van der Waals surface area contributed by atoms with Crippen molar-refractivity contribution in [1.29, 1.82) is 0 Å². The number of imide groups is 1. The summed E-state index contributed by atoms with van der Waals surface area (Å²) in [5, 5.41) is 2.21. The third-order valence-corrected chi connectivity index (χ3v) is 2.68. The van der Waals surface area contributed by atoms with Gasteiger partial charge in [-0.3, -0.25) is 19.7 Å². The second-order valence-corrected chi connectivity index (χ2v) is 4.31. The SMILES string of the molecule is CC1(C)C(=O)NC(=O)CN1C(=O)CCCN. The number of carbonyl (C=O) groups is 3. The van der Waals surface area contributed by atoms with E-state index in [2.05, 4.69) is 5.32 Å². The Balaban J connectivity index is 2.79. The Morgan fingerprint density at radius 1 is 1.50 bits per heavy atom. The molecule has 3 amide bonds. The van der Waals surface area contributed by atoms with Crippen LogP contribution in [0.2, 0.25) is 0 Å². The first-order valence-corrected chi connectivity index (χ1v) is 5.24. The molecule has 0 spiro atoms. The molecule has 3 N–H and O–H groups in total. The molecule has 6 heteroatoms. The lowest BCUT2D eigenvalue weighted by Crippen LogP contribution is -2.65. The number of nitrogens with zero attached hydrogens (tertiary/aromatic N) is 1. The van der Waals surface area contributed by atoms with Crippen LogP contribution in [0.4, 0.5) is 0 Å². The van der Waals surface area contributed by atoms with E-state index >= 15 is 0 Å². The lowest BCUT2D eigenvalue weighted by Gasteiger charge is -2.40. The van der Waals surface area contributed by atoms with Gasteiger partial charge in [-0.15, -0.1) is 0 Å². The monoisotopic (exact) mass is 227 g/mol. The molecule has 0 unspecified atom stereocenters. The number of nitrogens with two attached hydrogens (primary N) is 1. The highest BCUT2D eigenvalue weighted by molar-refractivity contribution is 6.06. The molecule has 1 aliphatic rings. The van der Waals surface area contributed by atoms with Crippen LogP contribution in [0, 0.1) is 0 Å². The minimum absolute atomic E-state index is 0.0673. The fraction of sp³-hybridized carbons (Fsp3) is 0.700. The summed E-state index contributed by atoms with van der Waals surface area (Å²) in [7, 11) is 0. The zero-order valence-corrected chi connectivity index (χ0v) is 9.58. The zero-order chi connectivity index (χ0) is 12.3. The number of hydrogen-bond acceptors (Lipinski definition) is 4. The van der Waals surface area contributed by atoms with Crippen LogP contribution in [-0.2, 0) is 14.4 Å². The van der Waals surface area contributed by atoms with Crippen molar-refractivity contribution in [3.8, 4) is 0 Å². The molecule has 0 saturated carbocycles. The molecular formula is C10H17N3O3. The van der Waals surface area contributed by atoms with Gasteiger partial charge in [0.25, 0.3) is 5.91 Å². The standard InChI is InChI=1S/C10H17N3O3/c1-10(2)9(16)12-7(14)6-13(10)8(15)4-3-5-11/h3-6,11H2,1-2H3,(H,12,14,16). The smallest absolute Gasteiger partial charge is 0.252 e. The van der Waals surface area contributed by atoms with E-state index in [0.717, 1.165) is 0 Å². The van der Waals surface area contributed by atoms with Crippen molar-refractivity contribution in [3.63, 3.8) is 0 Å². The van der Waals surface area contributed by atoms with E-state index in [1.807, 2.05) is 0 Å². The summed E-state index contributed by atoms with van der Waals surface area (Å²) in [6.07, 6.45) is 0.821.